The molecule has 0 aliphatic heterocycles. The minimum absolute atomic E-state index is 0.00459. The second-order valence-electron chi connectivity index (χ2n) is 5.53. The normalized spacial score (nSPS) is 21.6. The van der Waals surface area contributed by atoms with Crippen molar-refractivity contribution in [2.24, 2.45) is 17.4 Å². The standard InChI is InChI=1S/C15H22N4O2/c16-12-3-1-2-11(8-12)14(20)19-13-6-4-10(5-7-13)9-18-15(17)21/h4-7,11-12H,1-3,8-9,16H2,(H,19,20)(H3,17,18,21). The number of primary amides is 1. The van der Waals surface area contributed by atoms with E-state index in [2.05, 4.69) is 10.6 Å². The zero-order chi connectivity index (χ0) is 15.2. The van der Waals surface area contributed by atoms with Gasteiger partial charge in [-0.1, -0.05) is 18.6 Å². The Balaban J connectivity index is 1.87. The van der Waals surface area contributed by atoms with Gasteiger partial charge < -0.3 is 22.1 Å². The lowest BCUT2D eigenvalue weighted by Crippen LogP contribution is -2.34. The monoisotopic (exact) mass is 290 g/mol. The lowest BCUT2D eigenvalue weighted by atomic mass is 9.85. The van der Waals surface area contributed by atoms with Gasteiger partial charge in [0.25, 0.3) is 0 Å². The second kappa shape index (κ2) is 7.08. The molecule has 1 aromatic rings. The van der Waals surface area contributed by atoms with E-state index in [1.165, 1.54) is 0 Å². The summed E-state index contributed by atoms with van der Waals surface area (Å²) in [5, 5.41) is 5.43. The highest BCUT2D eigenvalue weighted by Gasteiger charge is 2.25. The van der Waals surface area contributed by atoms with Crippen LogP contribution in [-0.4, -0.2) is 18.0 Å². The highest BCUT2D eigenvalue weighted by molar-refractivity contribution is 5.92. The van der Waals surface area contributed by atoms with Gasteiger partial charge in [0, 0.05) is 24.2 Å². The molecule has 1 aliphatic carbocycles. The van der Waals surface area contributed by atoms with Crippen LogP contribution in [0, 0.1) is 5.92 Å². The molecule has 3 amide bonds. The summed E-state index contributed by atoms with van der Waals surface area (Å²) in [6, 6.07) is 6.91. The SMILES string of the molecule is NC(=O)NCc1ccc(NC(=O)C2CCCC(N)C2)cc1. The van der Waals surface area contributed by atoms with Crippen molar-refractivity contribution in [2.45, 2.75) is 38.3 Å². The number of urea groups is 1. The van der Waals surface area contributed by atoms with Crippen LogP contribution in [0.15, 0.2) is 24.3 Å². The Morgan fingerprint density at radius 3 is 2.52 bits per heavy atom. The summed E-state index contributed by atoms with van der Waals surface area (Å²) in [7, 11) is 0. The van der Waals surface area contributed by atoms with Crippen molar-refractivity contribution in [1.82, 2.24) is 5.32 Å². The van der Waals surface area contributed by atoms with Gasteiger partial charge in [-0.05, 0) is 37.0 Å². The van der Waals surface area contributed by atoms with E-state index < -0.39 is 6.03 Å². The fourth-order valence-electron chi connectivity index (χ4n) is 2.61. The Bertz CT molecular complexity index is 501. The second-order valence-corrected chi connectivity index (χ2v) is 5.53. The molecule has 2 rings (SSSR count). The predicted octanol–water partition coefficient (Wildman–Crippen LogP) is 1.31. The maximum atomic E-state index is 12.2. The molecule has 1 fully saturated rings. The molecule has 6 N–H and O–H groups in total. The minimum atomic E-state index is -0.555. The Morgan fingerprint density at radius 2 is 1.90 bits per heavy atom. The number of nitrogens with one attached hydrogen (secondary N) is 2. The number of hydrogen-bond donors (Lipinski definition) is 4. The molecule has 0 spiro atoms. The average molecular weight is 290 g/mol. The topological polar surface area (TPSA) is 110 Å². The molecule has 114 valence electrons. The van der Waals surface area contributed by atoms with E-state index in [-0.39, 0.29) is 17.9 Å². The smallest absolute Gasteiger partial charge is 0.312 e. The number of carbonyl (C=O) groups excluding carboxylic acids is 2. The number of anilines is 1. The first-order chi connectivity index (χ1) is 10.0. The third-order valence-electron chi connectivity index (χ3n) is 3.77. The summed E-state index contributed by atoms with van der Waals surface area (Å²) in [4.78, 5) is 22.8. The van der Waals surface area contributed by atoms with E-state index in [1.54, 1.807) is 0 Å². The summed E-state index contributed by atoms with van der Waals surface area (Å²) in [5.41, 5.74) is 12.6. The van der Waals surface area contributed by atoms with Crippen LogP contribution in [0.5, 0.6) is 0 Å². The molecule has 0 saturated heterocycles. The summed E-state index contributed by atoms with van der Waals surface area (Å²) in [5.74, 6) is 0.0399. The van der Waals surface area contributed by atoms with Gasteiger partial charge in [-0.2, -0.15) is 0 Å². The third kappa shape index (κ3) is 4.75. The number of amides is 3. The molecule has 0 bridgehead atoms. The fourth-order valence-corrected chi connectivity index (χ4v) is 2.61. The van der Waals surface area contributed by atoms with Crippen molar-refractivity contribution < 1.29 is 9.59 Å². The highest BCUT2D eigenvalue weighted by Crippen LogP contribution is 2.24. The number of rotatable bonds is 4. The summed E-state index contributed by atoms with van der Waals surface area (Å²) >= 11 is 0. The predicted molar refractivity (Wildman–Crippen MR) is 81.4 cm³/mol. The molecule has 2 atom stereocenters. The molecule has 2 unspecified atom stereocenters. The molecule has 1 aromatic carbocycles. The van der Waals surface area contributed by atoms with E-state index in [9.17, 15) is 9.59 Å². The van der Waals surface area contributed by atoms with Crippen LogP contribution in [0.4, 0.5) is 10.5 Å². The molecule has 1 aliphatic rings. The molecule has 1 saturated carbocycles. The van der Waals surface area contributed by atoms with Gasteiger partial charge in [0.1, 0.15) is 0 Å². The molecule has 6 nitrogen and oxygen atoms in total. The van der Waals surface area contributed by atoms with Crippen LogP contribution in [-0.2, 0) is 11.3 Å². The number of benzene rings is 1. The van der Waals surface area contributed by atoms with Crippen LogP contribution < -0.4 is 22.1 Å². The minimum Gasteiger partial charge on any atom is -0.352 e. The van der Waals surface area contributed by atoms with Gasteiger partial charge in [-0.3, -0.25) is 4.79 Å². The third-order valence-corrected chi connectivity index (χ3v) is 3.77. The van der Waals surface area contributed by atoms with E-state index >= 15 is 0 Å². The van der Waals surface area contributed by atoms with Crippen LogP contribution in [0.25, 0.3) is 0 Å². The van der Waals surface area contributed by atoms with Crippen molar-refractivity contribution in [2.75, 3.05) is 5.32 Å². The van der Waals surface area contributed by atoms with Crippen molar-refractivity contribution in [3.05, 3.63) is 29.8 Å². The maximum absolute atomic E-state index is 12.2. The van der Waals surface area contributed by atoms with Gasteiger partial charge in [-0.15, -0.1) is 0 Å². The molecule has 21 heavy (non-hydrogen) atoms. The first-order valence-corrected chi connectivity index (χ1v) is 7.23. The van der Waals surface area contributed by atoms with Crippen LogP contribution in [0.1, 0.15) is 31.2 Å². The lowest BCUT2D eigenvalue weighted by Gasteiger charge is -2.25. The summed E-state index contributed by atoms with van der Waals surface area (Å²) < 4.78 is 0. The van der Waals surface area contributed by atoms with Gasteiger partial charge in [0.05, 0.1) is 0 Å². The first kappa shape index (κ1) is 15.3. The number of nitrogens with two attached hydrogens (primary N) is 2. The highest BCUT2D eigenvalue weighted by atomic mass is 16.2. The van der Waals surface area contributed by atoms with Gasteiger partial charge in [0.15, 0.2) is 0 Å². The van der Waals surface area contributed by atoms with Crippen LogP contribution in [0.2, 0.25) is 0 Å². The van der Waals surface area contributed by atoms with Crippen LogP contribution >= 0.6 is 0 Å². The van der Waals surface area contributed by atoms with Gasteiger partial charge in [0.2, 0.25) is 5.91 Å². The largest absolute Gasteiger partial charge is 0.352 e. The number of carbonyl (C=O) groups is 2. The quantitative estimate of drug-likeness (QED) is 0.671. The molecule has 0 heterocycles. The number of hydrogen-bond acceptors (Lipinski definition) is 3. The zero-order valence-corrected chi connectivity index (χ0v) is 12.0. The van der Waals surface area contributed by atoms with Gasteiger partial charge >= 0.3 is 6.03 Å². The molecule has 0 aromatic heterocycles. The molecule has 6 heteroatoms. The molecule has 0 radical (unpaired) electrons. The van der Waals surface area contributed by atoms with Crippen molar-refractivity contribution in [3.63, 3.8) is 0 Å². The van der Waals surface area contributed by atoms with E-state index in [4.69, 9.17) is 11.5 Å². The lowest BCUT2D eigenvalue weighted by molar-refractivity contribution is -0.120. The van der Waals surface area contributed by atoms with Crippen molar-refractivity contribution in [1.29, 1.82) is 0 Å². The Labute approximate surface area is 124 Å². The maximum Gasteiger partial charge on any atom is 0.312 e. The van der Waals surface area contributed by atoms with Crippen LogP contribution in [0.3, 0.4) is 0 Å². The van der Waals surface area contributed by atoms with Gasteiger partial charge in [-0.25, -0.2) is 4.79 Å². The molecular weight excluding hydrogens is 268 g/mol. The first-order valence-electron chi connectivity index (χ1n) is 7.23. The Morgan fingerprint density at radius 1 is 1.19 bits per heavy atom. The Hall–Kier alpha value is -2.08. The average Bonchev–Trinajstić information content (AvgIpc) is 2.46. The van der Waals surface area contributed by atoms with E-state index in [1.807, 2.05) is 24.3 Å². The fraction of sp³-hybridized carbons (Fsp3) is 0.467. The Kier molecular flexibility index (Phi) is 5.16. The van der Waals surface area contributed by atoms with E-state index in [0.29, 0.717) is 6.54 Å². The molecular formula is C15H22N4O2. The van der Waals surface area contributed by atoms with Crippen molar-refractivity contribution in [3.8, 4) is 0 Å². The summed E-state index contributed by atoms with van der Waals surface area (Å²) in [6.45, 7) is 0.376. The summed E-state index contributed by atoms with van der Waals surface area (Å²) in [6.07, 6.45) is 3.68. The zero-order valence-electron chi connectivity index (χ0n) is 12.0. The van der Waals surface area contributed by atoms with E-state index in [0.717, 1.165) is 36.9 Å². The van der Waals surface area contributed by atoms with Crippen molar-refractivity contribution >= 4 is 17.6 Å².